The summed E-state index contributed by atoms with van der Waals surface area (Å²) >= 11 is 0. The highest BCUT2D eigenvalue weighted by Crippen LogP contribution is 2.22. The van der Waals surface area contributed by atoms with E-state index in [1.165, 1.54) is 0 Å². The molecule has 0 aliphatic rings. The zero-order valence-corrected chi connectivity index (χ0v) is 11.5. The summed E-state index contributed by atoms with van der Waals surface area (Å²) in [7, 11) is 0. The molecule has 20 heavy (non-hydrogen) atoms. The first-order valence-electron chi connectivity index (χ1n) is 6.57. The lowest BCUT2D eigenvalue weighted by Crippen LogP contribution is -2.25. The van der Waals surface area contributed by atoms with E-state index in [0.29, 0.717) is 36.6 Å². The van der Waals surface area contributed by atoms with Gasteiger partial charge in [0.1, 0.15) is 5.75 Å². The Morgan fingerprint density at radius 1 is 1.40 bits per heavy atom. The molecule has 0 bridgehead atoms. The molecule has 0 saturated carbocycles. The third kappa shape index (κ3) is 5.17. The maximum absolute atomic E-state index is 11.8. The van der Waals surface area contributed by atoms with Crippen LogP contribution in [0.25, 0.3) is 0 Å². The number of amides is 1. The van der Waals surface area contributed by atoms with Gasteiger partial charge in [-0.3, -0.25) is 9.59 Å². The highest BCUT2D eigenvalue weighted by Gasteiger charge is 2.08. The minimum atomic E-state index is -0.874. The van der Waals surface area contributed by atoms with E-state index in [4.69, 9.17) is 15.6 Å². The maximum atomic E-state index is 11.8. The molecule has 0 aliphatic heterocycles. The summed E-state index contributed by atoms with van der Waals surface area (Å²) in [5.74, 6) is -0.584. The molecular weight excluding hydrogens is 260 g/mol. The molecule has 0 atom stereocenters. The number of rotatable bonds is 8. The van der Waals surface area contributed by atoms with Crippen molar-refractivity contribution in [3.05, 3.63) is 23.8 Å². The van der Waals surface area contributed by atoms with Crippen LogP contribution < -0.4 is 15.8 Å². The van der Waals surface area contributed by atoms with E-state index in [2.05, 4.69) is 5.32 Å². The van der Waals surface area contributed by atoms with Crippen molar-refractivity contribution >= 4 is 17.6 Å². The molecule has 0 fully saturated rings. The van der Waals surface area contributed by atoms with Crippen LogP contribution in [0.15, 0.2) is 18.2 Å². The Balaban J connectivity index is 2.52. The molecule has 0 aromatic heterocycles. The number of nitrogens with two attached hydrogens (primary N) is 1. The van der Waals surface area contributed by atoms with E-state index in [1.807, 2.05) is 6.92 Å². The fourth-order valence-electron chi connectivity index (χ4n) is 1.58. The third-order valence-corrected chi connectivity index (χ3v) is 2.59. The second kappa shape index (κ2) is 8.04. The molecule has 1 amide bonds. The second-order valence-corrected chi connectivity index (χ2v) is 4.35. The van der Waals surface area contributed by atoms with Crippen LogP contribution in [0.1, 0.15) is 36.5 Å². The number of carboxylic acid groups (broad SMARTS) is 1. The number of carbonyl (C=O) groups is 2. The predicted octanol–water partition coefficient (Wildman–Crippen LogP) is 1.65. The van der Waals surface area contributed by atoms with E-state index in [9.17, 15) is 9.59 Å². The van der Waals surface area contributed by atoms with Crippen LogP contribution in [0.4, 0.5) is 5.69 Å². The zero-order chi connectivity index (χ0) is 15.0. The Bertz CT molecular complexity index is 474. The molecule has 0 spiro atoms. The number of hydrogen-bond acceptors (Lipinski definition) is 4. The highest BCUT2D eigenvalue weighted by molar-refractivity contribution is 5.95. The van der Waals surface area contributed by atoms with Crippen molar-refractivity contribution in [1.82, 2.24) is 5.32 Å². The molecule has 0 radical (unpaired) electrons. The van der Waals surface area contributed by atoms with Crippen LogP contribution in [-0.4, -0.2) is 30.1 Å². The maximum Gasteiger partial charge on any atom is 0.303 e. The lowest BCUT2D eigenvalue weighted by Gasteiger charge is -2.10. The zero-order valence-electron chi connectivity index (χ0n) is 11.5. The summed E-state index contributed by atoms with van der Waals surface area (Å²) in [5, 5.41) is 11.1. The van der Waals surface area contributed by atoms with Crippen LogP contribution in [0.3, 0.4) is 0 Å². The Kier molecular flexibility index (Phi) is 6.36. The summed E-state index contributed by atoms with van der Waals surface area (Å²) < 4.78 is 5.42. The van der Waals surface area contributed by atoms with Crippen molar-refractivity contribution in [3.63, 3.8) is 0 Å². The van der Waals surface area contributed by atoms with E-state index in [0.717, 1.165) is 6.42 Å². The van der Waals surface area contributed by atoms with Gasteiger partial charge in [-0.1, -0.05) is 6.92 Å². The molecule has 0 aliphatic carbocycles. The van der Waals surface area contributed by atoms with Crippen molar-refractivity contribution < 1.29 is 19.4 Å². The van der Waals surface area contributed by atoms with Crippen molar-refractivity contribution in [2.45, 2.75) is 26.2 Å². The Labute approximate surface area is 117 Å². The molecule has 4 N–H and O–H groups in total. The minimum absolute atomic E-state index is 0.0339. The van der Waals surface area contributed by atoms with Gasteiger partial charge in [-0.25, -0.2) is 0 Å². The molecule has 6 nitrogen and oxygen atoms in total. The predicted molar refractivity (Wildman–Crippen MR) is 75.8 cm³/mol. The van der Waals surface area contributed by atoms with Crippen molar-refractivity contribution in [2.75, 3.05) is 18.9 Å². The van der Waals surface area contributed by atoms with Gasteiger partial charge in [0.25, 0.3) is 5.91 Å². The SMILES string of the molecule is CCCOc1ccc(C(=O)NCCCC(=O)O)cc1N. The van der Waals surface area contributed by atoms with Crippen LogP contribution >= 0.6 is 0 Å². The first-order chi connectivity index (χ1) is 9.54. The van der Waals surface area contributed by atoms with Crippen LogP contribution in [-0.2, 0) is 4.79 Å². The Morgan fingerprint density at radius 3 is 2.75 bits per heavy atom. The number of benzene rings is 1. The average molecular weight is 280 g/mol. The van der Waals surface area contributed by atoms with E-state index in [1.54, 1.807) is 18.2 Å². The summed E-state index contributed by atoms with van der Waals surface area (Å²) in [4.78, 5) is 22.2. The van der Waals surface area contributed by atoms with E-state index in [-0.39, 0.29) is 12.3 Å². The Morgan fingerprint density at radius 2 is 2.15 bits per heavy atom. The van der Waals surface area contributed by atoms with Gasteiger partial charge in [0.15, 0.2) is 0 Å². The van der Waals surface area contributed by atoms with Gasteiger partial charge in [-0.15, -0.1) is 0 Å². The summed E-state index contributed by atoms with van der Waals surface area (Å²) in [5.41, 5.74) is 6.66. The topological polar surface area (TPSA) is 102 Å². The van der Waals surface area contributed by atoms with Gasteiger partial charge in [0, 0.05) is 18.5 Å². The minimum Gasteiger partial charge on any atom is -0.491 e. The molecular formula is C14H20N2O4. The fraction of sp³-hybridized carbons (Fsp3) is 0.429. The molecule has 6 heteroatoms. The number of nitrogen functional groups attached to an aromatic ring is 1. The van der Waals surface area contributed by atoms with Crippen LogP contribution in [0.2, 0.25) is 0 Å². The number of hydrogen-bond donors (Lipinski definition) is 3. The summed E-state index contributed by atoms with van der Waals surface area (Å²) in [6, 6.07) is 4.85. The standard InChI is InChI=1S/C14H20N2O4/c1-2-8-20-12-6-5-10(9-11(12)15)14(19)16-7-3-4-13(17)18/h5-6,9H,2-4,7-8,15H2,1H3,(H,16,19)(H,17,18). The molecule has 1 aromatic carbocycles. The number of carbonyl (C=O) groups excluding carboxylic acids is 1. The summed E-state index contributed by atoms with van der Waals surface area (Å²) in [6.07, 6.45) is 1.31. The molecule has 0 unspecified atom stereocenters. The third-order valence-electron chi connectivity index (χ3n) is 2.59. The van der Waals surface area contributed by atoms with Crippen molar-refractivity contribution in [2.24, 2.45) is 0 Å². The van der Waals surface area contributed by atoms with Crippen molar-refractivity contribution in [1.29, 1.82) is 0 Å². The number of ether oxygens (including phenoxy) is 1. The first kappa shape index (κ1) is 15.8. The van der Waals surface area contributed by atoms with Crippen LogP contribution in [0.5, 0.6) is 5.75 Å². The van der Waals surface area contributed by atoms with Crippen LogP contribution in [0, 0.1) is 0 Å². The monoisotopic (exact) mass is 280 g/mol. The normalized spacial score (nSPS) is 10.1. The molecule has 0 heterocycles. The van der Waals surface area contributed by atoms with Gasteiger partial charge < -0.3 is 20.9 Å². The molecule has 110 valence electrons. The van der Waals surface area contributed by atoms with Crippen molar-refractivity contribution in [3.8, 4) is 5.75 Å². The van der Waals surface area contributed by atoms with Gasteiger partial charge >= 0.3 is 5.97 Å². The van der Waals surface area contributed by atoms with Gasteiger partial charge in [0.05, 0.1) is 12.3 Å². The quantitative estimate of drug-likeness (QED) is 0.496. The first-order valence-corrected chi connectivity index (χ1v) is 6.57. The highest BCUT2D eigenvalue weighted by atomic mass is 16.5. The number of aliphatic carboxylic acids is 1. The smallest absolute Gasteiger partial charge is 0.303 e. The van der Waals surface area contributed by atoms with Gasteiger partial charge in [0.2, 0.25) is 0 Å². The van der Waals surface area contributed by atoms with E-state index >= 15 is 0 Å². The number of anilines is 1. The summed E-state index contributed by atoms with van der Waals surface area (Å²) in [6.45, 7) is 2.89. The van der Waals surface area contributed by atoms with Gasteiger partial charge in [-0.05, 0) is 31.0 Å². The fourth-order valence-corrected chi connectivity index (χ4v) is 1.58. The Hall–Kier alpha value is -2.24. The second-order valence-electron chi connectivity index (χ2n) is 4.35. The lowest BCUT2D eigenvalue weighted by atomic mass is 10.1. The molecule has 1 aromatic rings. The number of carboxylic acids is 1. The number of nitrogens with one attached hydrogen (secondary N) is 1. The lowest BCUT2D eigenvalue weighted by molar-refractivity contribution is -0.137. The van der Waals surface area contributed by atoms with E-state index < -0.39 is 5.97 Å². The molecule has 1 rings (SSSR count). The largest absolute Gasteiger partial charge is 0.491 e. The van der Waals surface area contributed by atoms with Gasteiger partial charge in [-0.2, -0.15) is 0 Å². The molecule has 0 saturated heterocycles. The average Bonchev–Trinajstić information content (AvgIpc) is 2.41.